The molecule has 2 aromatic heterocycles. The summed E-state index contributed by atoms with van der Waals surface area (Å²) in [5.74, 6) is -0.319. The fraction of sp³-hybridized carbons (Fsp3) is 0.200. The third kappa shape index (κ3) is 1.87. The van der Waals surface area contributed by atoms with Gasteiger partial charge in [0, 0.05) is 6.20 Å². The predicted octanol–water partition coefficient (Wildman–Crippen LogP) is 2.27. The molecule has 4 nitrogen and oxygen atoms in total. The Hall–Kier alpha value is -1.36. The van der Waals surface area contributed by atoms with Crippen LogP contribution in [-0.2, 0) is 4.74 Å². The van der Waals surface area contributed by atoms with Crippen LogP contribution in [0.5, 0.6) is 0 Å². The van der Waals surface area contributed by atoms with Crippen molar-refractivity contribution in [2.75, 3.05) is 6.61 Å². The molecule has 0 atom stereocenters. The zero-order chi connectivity index (χ0) is 10.8. The number of fused-ring (bicyclic) bond motifs is 1. The second-order valence-corrected chi connectivity index (χ2v) is 3.67. The SMILES string of the molecule is CCOC(=O)c1ccc2cnc(Br)n2c1. The average molecular weight is 269 g/mol. The largest absolute Gasteiger partial charge is 0.462 e. The molecule has 0 aromatic carbocycles. The van der Waals surface area contributed by atoms with Crippen molar-refractivity contribution in [3.63, 3.8) is 0 Å². The van der Waals surface area contributed by atoms with E-state index in [-0.39, 0.29) is 5.97 Å². The third-order valence-corrected chi connectivity index (χ3v) is 2.58. The Morgan fingerprint density at radius 3 is 3.13 bits per heavy atom. The maximum absolute atomic E-state index is 11.5. The van der Waals surface area contributed by atoms with Gasteiger partial charge in [-0.25, -0.2) is 9.78 Å². The van der Waals surface area contributed by atoms with Crippen molar-refractivity contribution in [3.8, 4) is 0 Å². The molecular weight excluding hydrogens is 260 g/mol. The van der Waals surface area contributed by atoms with Crippen molar-refractivity contribution >= 4 is 27.4 Å². The summed E-state index contributed by atoms with van der Waals surface area (Å²) in [5, 5.41) is 0. The quantitative estimate of drug-likeness (QED) is 0.785. The first-order valence-corrected chi connectivity index (χ1v) is 5.31. The van der Waals surface area contributed by atoms with Crippen LogP contribution in [0.2, 0.25) is 0 Å². The zero-order valence-electron chi connectivity index (χ0n) is 8.11. The molecule has 0 aliphatic heterocycles. The minimum absolute atomic E-state index is 0.319. The van der Waals surface area contributed by atoms with Crippen LogP contribution in [0.25, 0.3) is 5.52 Å². The van der Waals surface area contributed by atoms with E-state index >= 15 is 0 Å². The van der Waals surface area contributed by atoms with Gasteiger partial charge in [-0.2, -0.15) is 0 Å². The molecule has 2 aromatic rings. The molecule has 78 valence electrons. The van der Waals surface area contributed by atoms with E-state index in [1.165, 1.54) is 0 Å². The van der Waals surface area contributed by atoms with E-state index < -0.39 is 0 Å². The Balaban J connectivity index is 2.45. The van der Waals surface area contributed by atoms with Gasteiger partial charge in [0.1, 0.15) is 0 Å². The van der Waals surface area contributed by atoms with Crippen molar-refractivity contribution in [2.24, 2.45) is 0 Å². The van der Waals surface area contributed by atoms with Gasteiger partial charge < -0.3 is 4.74 Å². The first kappa shape index (κ1) is 10.2. The minimum Gasteiger partial charge on any atom is -0.462 e. The number of imidazole rings is 1. The lowest BCUT2D eigenvalue weighted by atomic mass is 10.3. The van der Waals surface area contributed by atoms with Crippen molar-refractivity contribution in [2.45, 2.75) is 6.92 Å². The molecular formula is C10H9BrN2O2. The number of esters is 1. The van der Waals surface area contributed by atoms with Crippen LogP contribution in [0, 0.1) is 0 Å². The van der Waals surface area contributed by atoms with E-state index in [2.05, 4.69) is 20.9 Å². The van der Waals surface area contributed by atoms with E-state index in [0.717, 1.165) is 5.52 Å². The maximum atomic E-state index is 11.5. The Morgan fingerprint density at radius 1 is 1.60 bits per heavy atom. The van der Waals surface area contributed by atoms with Crippen LogP contribution in [0.15, 0.2) is 29.3 Å². The van der Waals surface area contributed by atoms with Gasteiger partial charge in [0.25, 0.3) is 0 Å². The summed E-state index contributed by atoms with van der Waals surface area (Å²) in [5.41, 5.74) is 1.44. The summed E-state index contributed by atoms with van der Waals surface area (Å²) < 4.78 is 7.36. The van der Waals surface area contributed by atoms with Crippen LogP contribution in [-0.4, -0.2) is 22.0 Å². The Labute approximate surface area is 95.0 Å². The Kier molecular flexibility index (Phi) is 2.73. The van der Waals surface area contributed by atoms with Gasteiger partial charge in [-0.05, 0) is 35.0 Å². The van der Waals surface area contributed by atoms with Gasteiger partial charge in [-0.1, -0.05) is 0 Å². The third-order valence-electron chi connectivity index (χ3n) is 1.99. The number of pyridine rings is 1. The molecule has 0 aliphatic carbocycles. The summed E-state index contributed by atoms with van der Waals surface area (Å²) in [4.78, 5) is 15.5. The molecule has 0 spiro atoms. The molecule has 0 aliphatic rings. The highest BCUT2D eigenvalue weighted by Crippen LogP contribution is 2.14. The lowest BCUT2D eigenvalue weighted by Gasteiger charge is -2.02. The van der Waals surface area contributed by atoms with Crippen molar-refractivity contribution in [1.82, 2.24) is 9.38 Å². The predicted molar refractivity (Wildman–Crippen MR) is 58.8 cm³/mol. The highest BCUT2D eigenvalue weighted by molar-refractivity contribution is 9.10. The maximum Gasteiger partial charge on any atom is 0.339 e. The zero-order valence-corrected chi connectivity index (χ0v) is 9.69. The fourth-order valence-corrected chi connectivity index (χ4v) is 1.70. The van der Waals surface area contributed by atoms with E-state index in [9.17, 15) is 4.79 Å². The summed E-state index contributed by atoms with van der Waals surface area (Å²) in [6.07, 6.45) is 3.42. The topological polar surface area (TPSA) is 43.6 Å². The first-order valence-electron chi connectivity index (χ1n) is 4.52. The number of aromatic nitrogens is 2. The van der Waals surface area contributed by atoms with Crippen LogP contribution < -0.4 is 0 Å². The van der Waals surface area contributed by atoms with Gasteiger partial charge in [-0.3, -0.25) is 4.40 Å². The molecule has 0 bridgehead atoms. The molecule has 0 fully saturated rings. The van der Waals surface area contributed by atoms with Crippen molar-refractivity contribution < 1.29 is 9.53 Å². The summed E-state index contributed by atoms with van der Waals surface area (Å²) in [6.45, 7) is 2.16. The number of ether oxygens (including phenoxy) is 1. The lowest BCUT2D eigenvalue weighted by molar-refractivity contribution is 0.0526. The number of carbonyl (C=O) groups excluding carboxylic acids is 1. The molecule has 0 radical (unpaired) electrons. The molecule has 0 unspecified atom stereocenters. The molecule has 2 heterocycles. The van der Waals surface area contributed by atoms with Gasteiger partial charge in [0.15, 0.2) is 4.73 Å². The second kappa shape index (κ2) is 4.02. The highest BCUT2D eigenvalue weighted by Gasteiger charge is 2.08. The van der Waals surface area contributed by atoms with Crippen molar-refractivity contribution in [1.29, 1.82) is 0 Å². The summed E-state index contributed by atoms with van der Waals surface area (Å²) in [6, 6.07) is 3.55. The average Bonchev–Trinajstić information content (AvgIpc) is 2.60. The molecule has 0 amide bonds. The number of hydrogen-bond acceptors (Lipinski definition) is 3. The van der Waals surface area contributed by atoms with E-state index in [4.69, 9.17) is 4.74 Å². The minimum atomic E-state index is -0.319. The molecule has 2 rings (SSSR count). The normalized spacial score (nSPS) is 10.5. The van der Waals surface area contributed by atoms with Crippen LogP contribution in [0.3, 0.4) is 0 Å². The fourth-order valence-electron chi connectivity index (χ4n) is 1.29. The standard InChI is InChI=1S/C10H9BrN2O2/c1-2-15-9(14)7-3-4-8-5-12-10(11)13(8)6-7/h3-6H,2H2,1H3. The van der Waals surface area contributed by atoms with Gasteiger partial charge >= 0.3 is 5.97 Å². The van der Waals surface area contributed by atoms with Crippen LogP contribution in [0.1, 0.15) is 17.3 Å². The smallest absolute Gasteiger partial charge is 0.339 e. The molecule has 15 heavy (non-hydrogen) atoms. The summed E-state index contributed by atoms with van der Waals surface area (Å²) in [7, 11) is 0. The number of carbonyl (C=O) groups is 1. The van der Waals surface area contributed by atoms with Crippen molar-refractivity contribution in [3.05, 3.63) is 34.8 Å². The Morgan fingerprint density at radius 2 is 2.40 bits per heavy atom. The number of hydrogen-bond donors (Lipinski definition) is 0. The monoisotopic (exact) mass is 268 g/mol. The molecule has 0 saturated heterocycles. The highest BCUT2D eigenvalue weighted by atomic mass is 79.9. The molecule has 0 N–H and O–H groups in total. The van der Waals surface area contributed by atoms with Crippen LogP contribution in [0.4, 0.5) is 0 Å². The Bertz CT molecular complexity index is 507. The first-order chi connectivity index (χ1) is 7.22. The van der Waals surface area contributed by atoms with E-state index in [1.54, 1.807) is 29.8 Å². The van der Waals surface area contributed by atoms with Gasteiger partial charge in [-0.15, -0.1) is 0 Å². The lowest BCUT2D eigenvalue weighted by Crippen LogP contribution is -2.05. The van der Waals surface area contributed by atoms with Gasteiger partial charge in [0.05, 0.1) is 23.9 Å². The number of nitrogens with zero attached hydrogens (tertiary/aromatic N) is 2. The molecule has 5 heteroatoms. The number of rotatable bonds is 2. The van der Waals surface area contributed by atoms with E-state index in [1.807, 2.05) is 6.07 Å². The molecule has 0 saturated carbocycles. The van der Waals surface area contributed by atoms with E-state index in [0.29, 0.717) is 16.9 Å². The summed E-state index contributed by atoms with van der Waals surface area (Å²) >= 11 is 3.29. The second-order valence-electron chi connectivity index (χ2n) is 2.96. The number of halogens is 1. The van der Waals surface area contributed by atoms with Gasteiger partial charge in [0.2, 0.25) is 0 Å². The van der Waals surface area contributed by atoms with Crippen LogP contribution >= 0.6 is 15.9 Å².